The van der Waals surface area contributed by atoms with Crippen molar-refractivity contribution in [2.75, 3.05) is 4.90 Å². The number of hydrogen-bond acceptors (Lipinski definition) is 5. The molecule has 0 bridgehead atoms. The van der Waals surface area contributed by atoms with Gasteiger partial charge < -0.3 is 0 Å². The molecule has 1 aliphatic heterocycles. The first-order valence-corrected chi connectivity index (χ1v) is 12.9. The van der Waals surface area contributed by atoms with Gasteiger partial charge in [0.15, 0.2) is 4.34 Å². The van der Waals surface area contributed by atoms with Gasteiger partial charge in [0.05, 0.1) is 27.7 Å². The molecule has 4 aromatic rings. The number of aromatic nitrogens is 1. The van der Waals surface area contributed by atoms with Gasteiger partial charge in [-0.15, -0.1) is 11.3 Å². The van der Waals surface area contributed by atoms with Crippen LogP contribution in [0.5, 0.6) is 0 Å². The average Bonchev–Trinajstić information content (AvgIpc) is 3.35. The highest BCUT2D eigenvalue weighted by Crippen LogP contribution is 2.41. The van der Waals surface area contributed by atoms with Gasteiger partial charge in [-0.25, -0.2) is 4.98 Å². The lowest BCUT2D eigenvalue weighted by atomic mass is 9.81. The summed E-state index contributed by atoms with van der Waals surface area (Å²) in [5.74, 6) is 0.559. The zero-order valence-electron chi connectivity index (χ0n) is 17.5. The van der Waals surface area contributed by atoms with Crippen molar-refractivity contribution in [2.45, 2.75) is 35.8 Å². The van der Waals surface area contributed by atoms with Crippen LogP contribution in [-0.2, 0) is 15.3 Å². The van der Waals surface area contributed by atoms with E-state index >= 15 is 0 Å². The molecule has 2 fully saturated rings. The van der Waals surface area contributed by atoms with Crippen LogP contribution in [0.3, 0.4) is 0 Å². The Kier molecular flexibility index (Phi) is 5.00. The second-order valence-electron chi connectivity index (χ2n) is 8.57. The molecule has 0 spiro atoms. The molecule has 6 heteroatoms. The fourth-order valence-electron chi connectivity index (χ4n) is 5.07. The second kappa shape index (κ2) is 8.01. The number of imide groups is 1. The maximum Gasteiger partial charge on any atom is 0.237 e. The lowest BCUT2D eigenvalue weighted by molar-refractivity contribution is -0.122. The molecule has 2 amide bonds. The number of fused-ring (bicyclic) bond motifs is 3. The fourth-order valence-corrected chi connectivity index (χ4v) is 7.17. The maximum absolute atomic E-state index is 12.9. The van der Waals surface area contributed by atoms with Crippen molar-refractivity contribution in [2.24, 2.45) is 11.8 Å². The van der Waals surface area contributed by atoms with Crippen LogP contribution < -0.4 is 4.90 Å². The molecule has 1 saturated heterocycles. The van der Waals surface area contributed by atoms with E-state index in [-0.39, 0.29) is 23.7 Å². The third-order valence-electron chi connectivity index (χ3n) is 6.68. The van der Waals surface area contributed by atoms with E-state index in [1.54, 1.807) is 23.1 Å². The van der Waals surface area contributed by atoms with Crippen LogP contribution in [0, 0.1) is 11.8 Å². The summed E-state index contributed by atoms with van der Waals surface area (Å²) in [5.41, 5.74) is 2.90. The van der Waals surface area contributed by atoms with Gasteiger partial charge in [-0.2, -0.15) is 0 Å². The zero-order valence-corrected chi connectivity index (χ0v) is 19.1. The van der Waals surface area contributed by atoms with Crippen molar-refractivity contribution in [3.63, 3.8) is 0 Å². The Hall–Kier alpha value is -2.70. The molecule has 2 aliphatic rings. The van der Waals surface area contributed by atoms with Crippen molar-refractivity contribution >= 4 is 61.6 Å². The minimum atomic E-state index is -0.125. The molecule has 3 aromatic carbocycles. The molecule has 6 rings (SSSR count). The van der Waals surface area contributed by atoms with E-state index in [9.17, 15) is 9.59 Å². The lowest BCUT2D eigenvalue weighted by Gasteiger charge is -2.19. The van der Waals surface area contributed by atoms with Gasteiger partial charge in [-0.05, 0) is 47.4 Å². The summed E-state index contributed by atoms with van der Waals surface area (Å²) in [6, 6.07) is 20.6. The van der Waals surface area contributed by atoms with Gasteiger partial charge >= 0.3 is 0 Å². The van der Waals surface area contributed by atoms with Crippen LogP contribution in [0.1, 0.15) is 31.2 Å². The number of benzene rings is 3. The molecule has 32 heavy (non-hydrogen) atoms. The number of rotatable bonds is 4. The molecule has 2 atom stereocenters. The summed E-state index contributed by atoms with van der Waals surface area (Å²) >= 11 is 3.35. The second-order valence-corrected chi connectivity index (χ2v) is 10.8. The predicted molar refractivity (Wildman–Crippen MR) is 131 cm³/mol. The van der Waals surface area contributed by atoms with E-state index in [0.717, 1.165) is 46.0 Å². The normalized spacial score (nSPS) is 20.9. The van der Waals surface area contributed by atoms with Gasteiger partial charge in [-0.1, -0.05) is 67.1 Å². The highest BCUT2D eigenvalue weighted by Gasteiger charge is 2.48. The summed E-state index contributed by atoms with van der Waals surface area (Å²) < 4.78 is 2.01. The number of nitrogens with zero attached hydrogens (tertiary/aromatic N) is 2. The molecular weight excluding hydrogens is 436 g/mol. The maximum atomic E-state index is 12.9. The number of anilines is 1. The van der Waals surface area contributed by atoms with Gasteiger partial charge in [0, 0.05) is 5.75 Å². The predicted octanol–water partition coefficient (Wildman–Crippen LogP) is 6.42. The molecule has 4 nitrogen and oxygen atoms in total. The monoisotopic (exact) mass is 458 g/mol. The van der Waals surface area contributed by atoms with Crippen molar-refractivity contribution < 1.29 is 9.59 Å². The van der Waals surface area contributed by atoms with Gasteiger partial charge in [0.1, 0.15) is 0 Å². The lowest BCUT2D eigenvalue weighted by Crippen LogP contribution is -2.30. The summed E-state index contributed by atoms with van der Waals surface area (Å²) in [6.07, 6.45) is 3.76. The summed E-state index contributed by atoms with van der Waals surface area (Å²) in [7, 11) is 0. The Morgan fingerprint density at radius 2 is 1.69 bits per heavy atom. The SMILES string of the molecule is O=C1[C@H]2CCCC[C@H]2C(=O)N1c1ccc2nc(SCc3cccc4ccccc34)sc2c1. The molecule has 2 heterocycles. The minimum absolute atomic E-state index is 0.0193. The van der Waals surface area contributed by atoms with E-state index in [1.165, 1.54) is 21.2 Å². The highest BCUT2D eigenvalue weighted by atomic mass is 32.2. The first-order chi connectivity index (χ1) is 15.7. The van der Waals surface area contributed by atoms with E-state index in [1.807, 2.05) is 18.2 Å². The first-order valence-electron chi connectivity index (χ1n) is 11.1. The minimum Gasteiger partial charge on any atom is -0.274 e. The zero-order chi connectivity index (χ0) is 21.7. The van der Waals surface area contributed by atoms with Crippen LogP contribution in [0.4, 0.5) is 5.69 Å². The molecular formula is C26H22N2O2S2. The van der Waals surface area contributed by atoms with Crippen molar-refractivity contribution in [3.05, 3.63) is 66.2 Å². The van der Waals surface area contributed by atoms with E-state index in [2.05, 4.69) is 42.5 Å². The number of thiazole rings is 1. The Bertz CT molecular complexity index is 1330. The summed E-state index contributed by atoms with van der Waals surface area (Å²) in [6.45, 7) is 0. The van der Waals surface area contributed by atoms with Crippen LogP contribution in [0.15, 0.2) is 65.0 Å². The van der Waals surface area contributed by atoms with Crippen LogP contribution in [0.25, 0.3) is 21.0 Å². The molecule has 160 valence electrons. The number of amides is 2. The molecule has 0 unspecified atom stereocenters. The van der Waals surface area contributed by atoms with Crippen molar-refractivity contribution in [1.82, 2.24) is 4.98 Å². The topological polar surface area (TPSA) is 50.3 Å². The first kappa shape index (κ1) is 19.9. The van der Waals surface area contributed by atoms with Crippen LogP contribution >= 0.6 is 23.1 Å². The van der Waals surface area contributed by atoms with E-state index in [0.29, 0.717) is 5.69 Å². The fraction of sp³-hybridized carbons (Fsp3) is 0.269. The molecule has 0 N–H and O–H groups in total. The Balaban J connectivity index is 1.26. The summed E-state index contributed by atoms with van der Waals surface area (Å²) in [4.78, 5) is 32.1. The van der Waals surface area contributed by atoms with Crippen molar-refractivity contribution in [3.8, 4) is 0 Å². The van der Waals surface area contributed by atoms with Crippen LogP contribution in [-0.4, -0.2) is 16.8 Å². The van der Waals surface area contributed by atoms with Crippen LogP contribution in [0.2, 0.25) is 0 Å². The third-order valence-corrected chi connectivity index (χ3v) is 8.89. The number of carbonyl (C=O) groups is 2. The molecule has 1 saturated carbocycles. The Morgan fingerprint density at radius 1 is 0.938 bits per heavy atom. The average molecular weight is 459 g/mol. The molecule has 0 radical (unpaired) electrons. The number of hydrogen-bond donors (Lipinski definition) is 0. The van der Waals surface area contributed by atoms with E-state index in [4.69, 9.17) is 4.98 Å². The largest absolute Gasteiger partial charge is 0.274 e. The smallest absolute Gasteiger partial charge is 0.237 e. The highest BCUT2D eigenvalue weighted by molar-refractivity contribution is 8.00. The van der Waals surface area contributed by atoms with E-state index < -0.39 is 0 Å². The van der Waals surface area contributed by atoms with Gasteiger partial charge in [0.25, 0.3) is 0 Å². The van der Waals surface area contributed by atoms with Gasteiger partial charge in [-0.3, -0.25) is 14.5 Å². The molecule has 1 aliphatic carbocycles. The number of carbonyl (C=O) groups excluding carboxylic acids is 2. The summed E-state index contributed by atoms with van der Waals surface area (Å²) in [5, 5.41) is 2.53. The number of thioether (sulfide) groups is 1. The Morgan fingerprint density at radius 3 is 2.50 bits per heavy atom. The standard InChI is InChI=1S/C26H22N2O2S2/c29-24-20-10-3-4-11-21(20)25(30)28(24)18-12-13-22-23(14-18)32-26(27-22)31-15-17-8-5-7-16-6-1-2-9-19(16)17/h1-2,5-9,12-14,20-21H,3-4,10-11,15H2/t20-,21+. The van der Waals surface area contributed by atoms with Crippen molar-refractivity contribution in [1.29, 1.82) is 0 Å². The third kappa shape index (κ3) is 3.33. The quantitative estimate of drug-likeness (QED) is 0.261. The Labute approximate surface area is 194 Å². The van der Waals surface area contributed by atoms with Gasteiger partial charge in [0.2, 0.25) is 11.8 Å². The molecule has 1 aromatic heterocycles.